The molecule has 28 heavy (non-hydrogen) atoms. The molecule has 1 aliphatic rings. The molecular formula is C20H23N3O4S. The van der Waals surface area contributed by atoms with Crippen LogP contribution in [0.5, 0.6) is 0 Å². The van der Waals surface area contributed by atoms with Crippen molar-refractivity contribution < 1.29 is 18.7 Å². The van der Waals surface area contributed by atoms with Gasteiger partial charge in [-0.1, -0.05) is 43.2 Å². The summed E-state index contributed by atoms with van der Waals surface area (Å²) in [6.07, 6.45) is 3.26. The minimum atomic E-state index is -0.950. The van der Waals surface area contributed by atoms with Gasteiger partial charge in [0.05, 0.1) is 6.07 Å². The lowest BCUT2D eigenvalue weighted by Gasteiger charge is -2.39. The number of fused-ring (bicyclic) bond motifs is 1. The Morgan fingerprint density at radius 2 is 2.07 bits per heavy atom. The number of amides is 1. The van der Waals surface area contributed by atoms with Crippen molar-refractivity contribution in [1.29, 1.82) is 5.26 Å². The highest BCUT2D eigenvalue weighted by Crippen LogP contribution is 2.33. The Morgan fingerprint density at radius 1 is 1.36 bits per heavy atom. The maximum absolute atomic E-state index is 12.7. The van der Waals surface area contributed by atoms with E-state index < -0.39 is 17.6 Å². The average molecular weight is 401 g/mol. The molecule has 8 heteroatoms. The number of hydrogen-bond acceptors (Lipinski definition) is 7. The summed E-state index contributed by atoms with van der Waals surface area (Å²) in [4.78, 5) is 30.6. The van der Waals surface area contributed by atoms with Gasteiger partial charge in [0.2, 0.25) is 0 Å². The first-order chi connectivity index (χ1) is 13.4. The number of hydrogen-bond donors (Lipinski definition) is 0. The second-order valence-corrected chi connectivity index (χ2v) is 7.90. The fraction of sp³-hybridized carbons (Fsp3) is 0.500. The smallest absolute Gasteiger partial charge is 0.317 e. The Kier molecular flexibility index (Phi) is 6.25. The zero-order valence-electron chi connectivity index (χ0n) is 16.0. The third-order valence-electron chi connectivity index (χ3n) is 5.11. The van der Waals surface area contributed by atoms with Gasteiger partial charge in [0, 0.05) is 7.05 Å². The molecule has 0 saturated heterocycles. The summed E-state index contributed by atoms with van der Waals surface area (Å²) in [6, 6.07) is 9.64. The Bertz CT molecular complexity index is 865. The number of ether oxygens (including phenoxy) is 1. The van der Waals surface area contributed by atoms with Gasteiger partial charge in [-0.2, -0.15) is 5.26 Å². The van der Waals surface area contributed by atoms with E-state index in [2.05, 4.69) is 11.1 Å². The van der Waals surface area contributed by atoms with Crippen molar-refractivity contribution in [3.63, 3.8) is 0 Å². The second kappa shape index (κ2) is 8.65. The monoisotopic (exact) mass is 401 g/mol. The molecule has 1 heterocycles. The van der Waals surface area contributed by atoms with Crippen LogP contribution in [0.4, 0.5) is 0 Å². The van der Waals surface area contributed by atoms with Crippen LogP contribution in [0.2, 0.25) is 0 Å². The summed E-state index contributed by atoms with van der Waals surface area (Å²) >= 11 is 1.12. The van der Waals surface area contributed by atoms with Crippen LogP contribution in [0, 0.1) is 11.3 Å². The number of esters is 1. The molecule has 0 aliphatic heterocycles. The Balaban J connectivity index is 1.54. The van der Waals surface area contributed by atoms with E-state index in [1.165, 1.54) is 11.8 Å². The average Bonchev–Trinajstić information content (AvgIpc) is 3.14. The SMILES string of the molecule is C[C@@H](OC(=O)CSc1nc2ccccc2o1)C(=O)N(C)C1(C#N)CCCCC1. The van der Waals surface area contributed by atoms with Crippen LogP contribution in [0.15, 0.2) is 33.9 Å². The minimum Gasteiger partial charge on any atom is -0.452 e. The molecule has 0 bridgehead atoms. The number of oxazole rings is 1. The molecule has 2 aromatic rings. The number of nitrogens with zero attached hydrogens (tertiary/aromatic N) is 3. The van der Waals surface area contributed by atoms with Crippen molar-refractivity contribution >= 4 is 34.7 Å². The zero-order chi connectivity index (χ0) is 20.1. The molecule has 1 aromatic heterocycles. The molecular weight excluding hydrogens is 378 g/mol. The van der Waals surface area contributed by atoms with E-state index in [4.69, 9.17) is 9.15 Å². The van der Waals surface area contributed by atoms with Gasteiger partial charge in [-0.25, -0.2) is 4.98 Å². The highest BCUT2D eigenvalue weighted by Gasteiger charge is 2.40. The molecule has 7 nitrogen and oxygen atoms in total. The summed E-state index contributed by atoms with van der Waals surface area (Å²) in [5.41, 5.74) is 0.568. The normalized spacial score (nSPS) is 16.9. The molecule has 0 N–H and O–H groups in total. The maximum Gasteiger partial charge on any atom is 0.317 e. The Labute approximate surface area is 168 Å². The number of rotatable bonds is 6. The number of thioether (sulfide) groups is 1. The predicted molar refractivity (Wildman–Crippen MR) is 104 cm³/mol. The van der Waals surface area contributed by atoms with E-state index in [0.717, 1.165) is 36.5 Å². The minimum absolute atomic E-state index is 0.0163. The molecule has 3 rings (SSSR count). The van der Waals surface area contributed by atoms with Crippen molar-refractivity contribution in [3.05, 3.63) is 24.3 Å². The van der Waals surface area contributed by atoms with Gasteiger partial charge in [-0.3, -0.25) is 9.59 Å². The summed E-state index contributed by atoms with van der Waals surface area (Å²) in [5.74, 6) is -0.905. The summed E-state index contributed by atoms with van der Waals surface area (Å²) in [7, 11) is 1.62. The number of aromatic nitrogens is 1. The molecule has 1 aromatic carbocycles. The molecule has 0 radical (unpaired) electrons. The highest BCUT2D eigenvalue weighted by atomic mass is 32.2. The van der Waals surface area contributed by atoms with Crippen LogP contribution in [0.25, 0.3) is 11.1 Å². The van der Waals surface area contributed by atoms with Crippen molar-refractivity contribution in [3.8, 4) is 6.07 Å². The second-order valence-electron chi connectivity index (χ2n) is 6.97. The lowest BCUT2D eigenvalue weighted by Crippen LogP contribution is -2.53. The lowest BCUT2D eigenvalue weighted by molar-refractivity contribution is -0.159. The lowest BCUT2D eigenvalue weighted by atomic mass is 9.81. The number of carbonyl (C=O) groups excluding carboxylic acids is 2. The first-order valence-corrected chi connectivity index (χ1v) is 10.3. The van der Waals surface area contributed by atoms with Crippen molar-refractivity contribution in [2.45, 2.75) is 55.9 Å². The molecule has 1 aliphatic carbocycles. The Morgan fingerprint density at radius 3 is 2.75 bits per heavy atom. The molecule has 0 spiro atoms. The van der Waals surface area contributed by atoms with Crippen LogP contribution in [0.1, 0.15) is 39.0 Å². The van der Waals surface area contributed by atoms with E-state index in [9.17, 15) is 14.9 Å². The van der Waals surface area contributed by atoms with E-state index in [0.29, 0.717) is 23.6 Å². The van der Waals surface area contributed by atoms with Gasteiger partial charge in [0.15, 0.2) is 11.7 Å². The van der Waals surface area contributed by atoms with Gasteiger partial charge in [0.1, 0.15) is 16.8 Å². The standard InChI is InChI=1S/C20H23N3O4S/c1-14(18(25)23(2)20(13-21)10-6-3-7-11-20)26-17(24)12-28-19-22-15-8-4-5-9-16(15)27-19/h4-5,8-9,14H,3,6-7,10-12H2,1-2H3/t14-/m1/s1. The van der Waals surface area contributed by atoms with E-state index in [-0.39, 0.29) is 11.7 Å². The van der Waals surface area contributed by atoms with Gasteiger partial charge in [-0.05, 0) is 31.9 Å². The van der Waals surface area contributed by atoms with E-state index in [1.54, 1.807) is 13.1 Å². The highest BCUT2D eigenvalue weighted by molar-refractivity contribution is 7.99. The van der Waals surface area contributed by atoms with Gasteiger partial charge in [0.25, 0.3) is 11.1 Å². The molecule has 1 saturated carbocycles. The summed E-state index contributed by atoms with van der Waals surface area (Å²) in [5, 5.41) is 10.00. The van der Waals surface area contributed by atoms with Crippen LogP contribution in [-0.2, 0) is 14.3 Å². The fourth-order valence-corrected chi connectivity index (χ4v) is 4.08. The molecule has 1 amide bonds. The summed E-state index contributed by atoms with van der Waals surface area (Å²) in [6.45, 7) is 1.54. The quantitative estimate of drug-likeness (QED) is 0.539. The molecule has 148 valence electrons. The molecule has 1 atom stereocenters. The predicted octanol–water partition coefficient (Wildman–Crippen LogP) is 3.54. The van der Waals surface area contributed by atoms with E-state index >= 15 is 0 Å². The zero-order valence-corrected chi connectivity index (χ0v) is 16.8. The fourth-order valence-electron chi connectivity index (χ4n) is 3.46. The van der Waals surface area contributed by atoms with Crippen molar-refractivity contribution in [2.75, 3.05) is 12.8 Å². The van der Waals surface area contributed by atoms with E-state index in [1.807, 2.05) is 18.2 Å². The van der Waals surface area contributed by atoms with Gasteiger partial charge >= 0.3 is 5.97 Å². The third kappa shape index (κ3) is 4.30. The number of carbonyl (C=O) groups is 2. The van der Waals surface area contributed by atoms with Crippen molar-refractivity contribution in [1.82, 2.24) is 9.88 Å². The third-order valence-corrected chi connectivity index (χ3v) is 5.91. The molecule has 0 unspecified atom stereocenters. The summed E-state index contributed by atoms with van der Waals surface area (Å²) < 4.78 is 10.8. The Hall–Kier alpha value is -2.53. The topological polar surface area (TPSA) is 96.4 Å². The van der Waals surface area contributed by atoms with Crippen molar-refractivity contribution in [2.24, 2.45) is 0 Å². The van der Waals surface area contributed by atoms with Gasteiger partial charge < -0.3 is 14.1 Å². The van der Waals surface area contributed by atoms with Gasteiger partial charge in [-0.15, -0.1) is 0 Å². The largest absolute Gasteiger partial charge is 0.452 e. The van der Waals surface area contributed by atoms with Crippen LogP contribution >= 0.6 is 11.8 Å². The first kappa shape index (κ1) is 20.2. The van der Waals surface area contributed by atoms with Crippen LogP contribution in [0.3, 0.4) is 0 Å². The number of nitriles is 1. The number of benzene rings is 1. The number of likely N-dealkylation sites (N-methyl/N-ethyl adjacent to an activating group) is 1. The van der Waals surface area contributed by atoms with Crippen LogP contribution in [-0.4, -0.2) is 46.2 Å². The molecule has 1 fully saturated rings. The first-order valence-electron chi connectivity index (χ1n) is 9.32. The maximum atomic E-state index is 12.7. The number of para-hydroxylation sites is 2. The van der Waals surface area contributed by atoms with Crippen LogP contribution < -0.4 is 0 Å².